The van der Waals surface area contributed by atoms with Crippen LogP contribution in [0.15, 0.2) is 18.2 Å². The molecular formula is C16H22F2N2. The van der Waals surface area contributed by atoms with Crippen molar-refractivity contribution in [1.29, 1.82) is 0 Å². The number of nitrogens with one attached hydrogen (secondary N) is 1. The van der Waals surface area contributed by atoms with Gasteiger partial charge in [-0.1, -0.05) is 18.6 Å². The summed E-state index contributed by atoms with van der Waals surface area (Å²) in [5.74, 6) is -1.43. The van der Waals surface area contributed by atoms with Gasteiger partial charge in [0.2, 0.25) is 0 Å². The number of hydrogen-bond acceptors (Lipinski definition) is 2. The Morgan fingerprint density at radius 2 is 2.00 bits per heavy atom. The molecule has 1 aromatic carbocycles. The molecule has 0 aromatic heterocycles. The number of hydrogen-bond donors (Lipinski definition) is 1. The van der Waals surface area contributed by atoms with Crippen molar-refractivity contribution in [1.82, 2.24) is 10.2 Å². The van der Waals surface area contributed by atoms with Crippen molar-refractivity contribution in [3.63, 3.8) is 0 Å². The van der Waals surface area contributed by atoms with Gasteiger partial charge in [-0.05, 0) is 38.3 Å². The predicted octanol–water partition coefficient (Wildman–Crippen LogP) is 3.07. The van der Waals surface area contributed by atoms with Gasteiger partial charge in [0.1, 0.15) is 0 Å². The number of rotatable bonds is 5. The molecule has 1 aliphatic heterocycles. The lowest BCUT2D eigenvalue weighted by Gasteiger charge is -2.30. The molecule has 1 atom stereocenters. The first kappa shape index (κ1) is 14.0. The zero-order valence-corrected chi connectivity index (χ0v) is 11.7. The molecule has 3 rings (SSSR count). The lowest BCUT2D eigenvalue weighted by atomic mass is 10.0. The van der Waals surface area contributed by atoms with Gasteiger partial charge in [0.25, 0.3) is 0 Å². The molecule has 1 aliphatic carbocycles. The highest BCUT2D eigenvalue weighted by Gasteiger charge is 2.31. The lowest BCUT2D eigenvalue weighted by Crippen LogP contribution is -2.44. The summed E-state index contributed by atoms with van der Waals surface area (Å²) < 4.78 is 27.1. The lowest BCUT2D eigenvalue weighted by molar-refractivity contribution is 0.205. The van der Waals surface area contributed by atoms with E-state index in [1.807, 2.05) is 0 Å². The van der Waals surface area contributed by atoms with Crippen LogP contribution in [-0.4, -0.2) is 30.1 Å². The summed E-state index contributed by atoms with van der Waals surface area (Å²) in [6, 6.07) is 5.53. The molecule has 0 spiro atoms. The van der Waals surface area contributed by atoms with Crippen LogP contribution >= 0.6 is 0 Å². The van der Waals surface area contributed by atoms with Crippen molar-refractivity contribution in [2.75, 3.05) is 13.1 Å². The summed E-state index contributed by atoms with van der Waals surface area (Å²) in [6.07, 6.45) is 6.07. The Morgan fingerprint density at radius 3 is 2.70 bits per heavy atom. The highest BCUT2D eigenvalue weighted by atomic mass is 19.2. The normalized spacial score (nSPS) is 23.2. The highest BCUT2D eigenvalue weighted by Crippen LogP contribution is 2.29. The molecule has 1 N–H and O–H groups in total. The van der Waals surface area contributed by atoms with Crippen LogP contribution < -0.4 is 5.32 Å². The zero-order valence-electron chi connectivity index (χ0n) is 11.7. The van der Waals surface area contributed by atoms with Crippen LogP contribution in [0.2, 0.25) is 0 Å². The summed E-state index contributed by atoms with van der Waals surface area (Å²) in [4.78, 5) is 2.32. The van der Waals surface area contributed by atoms with E-state index in [2.05, 4.69) is 10.2 Å². The summed E-state index contributed by atoms with van der Waals surface area (Å²) in [5, 5.41) is 3.53. The minimum absolute atomic E-state index is 0.479. The summed E-state index contributed by atoms with van der Waals surface area (Å²) >= 11 is 0. The molecule has 1 aromatic rings. The van der Waals surface area contributed by atoms with E-state index < -0.39 is 11.6 Å². The second kappa shape index (κ2) is 6.19. The van der Waals surface area contributed by atoms with Crippen molar-refractivity contribution >= 4 is 0 Å². The molecule has 110 valence electrons. The molecule has 0 bridgehead atoms. The third-order valence-corrected chi connectivity index (χ3v) is 4.34. The van der Waals surface area contributed by atoms with Crippen LogP contribution in [0.25, 0.3) is 0 Å². The minimum atomic E-state index is -0.742. The van der Waals surface area contributed by atoms with E-state index in [1.54, 1.807) is 12.1 Å². The van der Waals surface area contributed by atoms with E-state index in [4.69, 9.17) is 0 Å². The molecule has 2 fully saturated rings. The third-order valence-electron chi connectivity index (χ3n) is 4.34. The Hall–Kier alpha value is -1.00. The van der Waals surface area contributed by atoms with Crippen LogP contribution in [-0.2, 0) is 6.54 Å². The van der Waals surface area contributed by atoms with Crippen molar-refractivity contribution in [3.05, 3.63) is 35.4 Å². The smallest absolute Gasteiger partial charge is 0.163 e. The van der Waals surface area contributed by atoms with E-state index in [0.29, 0.717) is 24.2 Å². The van der Waals surface area contributed by atoms with Crippen LogP contribution in [0.4, 0.5) is 8.78 Å². The topological polar surface area (TPSA) is 15.3 Å². The SMILES string of the molecule is Fc1cccc(CN(CC2CCCCN2)C2CC2)c1F. The second-order valence-corrected chi connectivity index (χ2v) is 6.02. The van der Waals surface area contributed by atoms with E-state index in [1.165, 1.54) is 38.2 Å². The minimum Gasteiger partial charge on any atom is -0.313 e. The zero-order chi connectivity index (χ0) is 13.9. The maximum atomic E-state index is 13.8. The van der Waals surface area contributed by atoms with E-state index in [9.17, 15) is 8.78 Å². The Kier molecular flexibility index (Phi) is 4.32. The Balaban J connectivity index is 1.66. The Morgan fingerprint density at radius 1 is 1.15 bits per heavy atom. The van der Waals surface area contributed by atoms with Gasteiger partial charge in [0.15, 0.2) is 11.6 Å². The second-order valence-electron chi connectivity index (χ2n) is 6.02. The van der Waals surface area contributed by atoms with Gasteiger partial charge >= 0.3 is 0 Å². The van der Waals surface area contributed by atoms with Gasteiger partial charge in [-0.15, -0.1) is 0 Å². The van der Waals surface area contributed by atoms with E-state index in [0.717, 1.165) is 13.1 Å². The first-order valence-electron chi connectivity index (χ1n) is 7.64. The fourth-order valence-corrected chi connectivity index (χ4v) is 3.03. The maximum Gasteiger partial charge on any atom is 0.163 e. The summed E-state index contributed by atoms with van der Waals surface area (Å²) in [5.41, 5.74) is 0.479. The summed E-state index contributed by atoms with van der Waals surface area (Å²) in [6.45, 7) is 2.55. The summed E-state index contributed by atoms with van der Waals surface area (Å²) in [7, 11) is 0. The molecule has 0 radical (unpaired) electrons. The van der Waals surface area contributed by atoms with Crippen molar-refractivity contribution in [2.24, 2.45) is 0 Å². The van der Waals surface area contributed by atoms with Gasteiger partial charge in [0.05, 0.1) is 0 Å². The Labute approximate surface area is 119 Å². The van der Waals surface area contributed by atoms with E-state index in [-0.39, 0.29) is 0 Å². The van der Waals surface area contributed by atoms with E-state index >= 15 is 0 Å². The number of piperidine rings is 1. The average Bonchev–Trinajstić information content (AvgIpc) is 3.29. The fourth-order valence-electron chi connectivity index (χ4n) is 3.03. The van der Waals surface area contributed by atoms with Crippen LogP contribution in [0.3, 0.4) is 0 Å². The third kappa shape index (κ3) is 3.36. The quantitative estimate of drug-likeness (QED) is 0.891. The van der Waals surface area contributed by atoms with Crippen molar-refractivity contribution < 1.29 is 8.78 Å². The molecule has 1 heterocycles. The Bertz CT molecular complexity index is 454. The van der Waals surface area contributed by atoms with Crippen molar-refractivity contribution in [2.45, 2.75) is 50.7 Å². The number of nitrogens with zero attached hydrogens (tertiary/aromatic N) is 1. The van der Waals surface area contributed by atoms with Gasteiger partial charge < -0.3 is 5.32 Å². The van der Waals surface area contributed by atoms with Gasteiger partial charge in [-0.25, -0.2) is 8.78 Å². The number of benzene rings is 1. The first-order chi connectivity index (χ1) is 9.74. The largest absolute Gasteiger partial charge is 0.313 e. The molecule has 2 aliphatic rings. The van der Waals surface area contributed by atoms with Crippen LogP contribution in [0.1, 0.15) is 37.7 Å². The molecule has 0 amide bonds. The molecule has 1 saturated carbocycles. The fraction of sp³-hybridized carbons (Fsp3) is 0.625. The van der Waals surface area contributed by atoms with Gasteiger partial charge in [-0.3, -0.25) is 4.90 Å². The van der Waals surface area contributed by atoms with Crippen molar-refractivity contribution in [3.8, 4) is 0 Å². The molecule has 1 unspecified atom stereocenters. The molecule has 20 heavy (non-hydrogen) atoms. The van der Waals surface area contributed by atoms with Crippen LogP contribution in [0.5, 0.6) is 0 Å². The average molecular weight is 280 g/mol. The monoisotopic (exact) mass is 280 g/mol. The van der Waals surface area contributed by atoms with Crippen LogP contribution in [0, 0.1) is 11.6 Å². The molecular weight excluding hydrogens is 258 g/mol. The molecule has 2 nitrogen and oxygen atoms in total. The maximum absolute atomic E-state index is 13.8. The standard InChI is InChI=1S/C16H22F2N2/c17-15-6-3-4-12(16(15)18)10-20(14-7-8-14)11-13-5-1-2-9-19-13/h3-4,6,13-14,19H,1-2,5,7-11H2. The first-order valence-corrected chi connectivity index (χ1v) is 7.64. The predicted molar refractivity (Wildman–Crippen MR) is 75.4 cm³/mol. The number of halogens is 2. The molecule has 4 heteroatoms. The van der Waals surface area contributed by atoms with Gasteiger partial charge in [0, 0.05) is 30.7 Å². The molecule has 1 saturated heterocycles. The highest BCUT2D eigenvalue weighted by molar-refractivity contribution is 5.19. The van der Waals surface area contributed by atoms with Gasteiger partial charge in [-0.2, -0.15) is 0 Å².